The summed E-state index contributed by atoms with van der Waals surface area (Å²) in [6.45, 7) is 27.3. The lowest BCUT2D eigenvalue weighted by molar-refractivity contribution is -0.221. The SMILES string of the molecule is CN1[C@@H]2CC[C@@]1(O[Si](C)(C)C)[C@@H](O[Si](C)(C)C)[C@H](O[Si](C)(C)C)[C@H]2O[Si](C)(C)C. The topological polar surface area (TPSA) is 40.2 Å². The molecule has 2 fully saturated rings. The van der Waals surface area contributed by atoms with Crippen LogP contribution < -0.4 is 0 Å². The molecule has 0 spiro atoms. The van der Waals surface area contributed by atoms with Gasteiger partial charge in [0, 0.05) is 6.04 Å². The number of fused-ring (bicyclic) bond motifs is 2. The third kappa shape index (κ3) is 6.58. The van der Waals surface area contributed by atoms with Crippen molar-refractivity contribution in [1.29, 1.82) is 0 Å². The zero-order valence-electron chi connectivity index (χ0n) is 21.3. The first kappa shape index (κ1) is 25.9. The van der Waals surface area contributed by atoms with E-state index in [9.17, 15) is 0 Å². The van der Waals surface area contributed by atoms with Crippen molar-refractivity contribution in [2.45, 2.75) is 121 Å². The summed E-state index contributed by atoms with van der Waals surface area (Å²) in [5, 5.41) is 0. The summed E-state index contributed by atoms with van der Waals surface area (Å²) in [6, 6.07) is 0.320. The maximum atomic E-state index is 7.00. The van der Waals surface area contributed by atoms with Crippen molar-refractivity contribution < 1.29 is 17.7 Å². The van der Waals surface area contributed by atoms with E-state index in [4.69, 9.17) is 17.7 Å². The van der Waals surface area contributed by atoms with Gasteiger partial charge in [0.25, 0.3) is 0 Å². The van der Waals surface area contributed by atoms with Gasteiger partial charge < -0.3 is 17.7 Å². The lowest BCUT2D eigenvalue weighted by Crippen LogP contribution is -2.74. The van der Waals surface area contributed by atoms with Crippen LogP contribution in [0.4, 0.5) is 0 Å². The lowest BCUT2D eigenvalue weighted by atomic mass is 9.92. The first-order valence-corrected chi connectivity index (χ1v) is 24.8. The van der Waals surface area contributed by atoms with Crippen LogP contribution in [0.1, 0.15) is 12.8 Å². The van der Waals surface area contributed by atoms with Gasteiger partial charge in [-0.15, -0.1) is 0 Å². The molecule has 0 aliphatic carbocycles. The molecular weight excluding hydrogens is 431 g/mol. The first-order chi connectivity index (χ1) is 12.7. The second kappa shape index (κ2) is 8.22. The van der Waals surface area contributed by atoms with Gasteiger partial charge in [-0.25, -0.2) is 0 Å². The molecule has 2 rings (SSSR count). The molecule has 0 aromatic rings. The molecule has 0 unspecified atom stereocenters. The molecule has 5 nitrogen and oxygen atoms in total. The molecule has 9 heteroatoms. The third-order valence-electron chi connectivity index (χ3n) is 5.28. The smallest absolute Gasteiger partial charge is 0.186 e. The molecule has 2 saturated heterocycles. The molecule has 172 valence electrons. The minimum Gasteiger partial charge on any atom is -0.410 e. The van der Waals surface area contributed by atoms with Crippen molar-refractivity contribution in [3.05, 3.63) is 0 Å². The standard InChI is InChI=1S/C20H47NO4Si4/c1-21-16-14-15-20(21,25-29(11,12)13)19(24-28(8,9)10)18(23-27(5,6)7)17(16)22-26(2,3)4/h16-19H,14-15H2,1-13H3/t16-,17+,18-,19+,20-/m1/s1. The van der Waals surface area contributed by atoms with E-state index < -0.39 is 39.0 Å². The predicted octanol–water partition coefficient (Wildman–Crippen LogP) is 5.30. The number of rotatable bonds is 8. The van der Waals surface area contributed by atoms with Crippen LogP contribution >= 0.6 is 0 Å². The summed E-state index contributed by atoms with van der Waals surface area (Å²) in [6.07, 6.45) is 1.93. The second-order valence-electron chi connectivity index (χ2n) is 12.8. The van der Waals surface area contributed by atoms with Crippen LogP contribution in [0.2, 0.25) is 78.6 Å². The van der Waals surface area contributed by atoms with Crippen LogP contribution in [-0.4, -0.2) is 75.3 Å². The van der Waals surface area contributed by atoms with Crippen LogP contribution in [0.25, 0.3) is 0 Å². The van der Waals surface area contributed by atoms with E-state index in [0.717, 1.165) is 12.8 Å². The molecule has 5 atom stereocenters. The van der Waals surface area contributed by atoms with Gasteiger partial charge in [0.05, 0.1) is 6.10 Å². The molecule has 0 radical (unpaired) electrons. The van der Waals surface area contributed by atoms with Gasteiger partial charge in [0.2, 0.25) is 0 Å². The molecule has 2 aliphatic heterocycles. The van der Waals surface area contributed by atoms with Gasteiger partial charge in [-0.05, 0) is 98.5 Å². The molecule has 0 N–H and O–H groups in total. The Morgan fingerprint density at radius 1 is 0.655 bits per heavy atom. The zero-order chi connectivity index (χ0) is 22.6. The Kier molecular flexibility index (Phi) is 7.35. The van der Waals surface area contributed by atoms with Crippen molar-refractivity contribution in [2.24, 2.45) is 0 Å². The van der Waals surface area contributed by atoms with Gasteiger partial charge in [0.1, 0.15) is 17.9 Å². The minimum absolute atomic E-state index is 0.0422. The van der Waals surface area contributed by atoms with E-state index in [0.29, 0.717) is 6.04 Å². The maximum Gasteiger partial charge on any atom is 0.186 e. The first-order valence-electron chi connectivity index (χ1n) is 11.2. The maximum absolute atomic E-state index is 7.00. The lowest BCUT2D eigenvalue weighted by Gasteiger charge is -2.58. The quantitative estimate of drug-likeness (QED) is 0.443. The van der Waals surface area contributed by atoms with Gasteiger partial charge in [-0.2, -0.15) is 0 Å². The van der Waals surface area contributed by atoms with E-state index in [1.54, 1.807) is 0 Å². The van der Waals surface area contributed by atoms with Gasteiger partial charge in [-0.1, -0.05) is 0 Å². The minimum atomic E-state index is -1.84. The van der Waals surface area contributed by atoms with E-state index in [2.05, 4.69) is 90.5 Å². The van der Waals surface area contributed by atoms with Crippen LogP contribution in [0.5, 0.6) is 0 Å². The Morgan fingerprint density at radius 2 is 1.10 bits per heavy atom. The van der Waals surface area contributed by atoms with Crippen molar-refractivity contribution in [3.8, 4) is 0 Å². The number of hydrogen-bond donors (Lipinski definition) is 0. The average Bonchev–Trinajstić information content (AvgIpc) is 2.67. The highest BCUT2D eigenvalue weighted by molar-refractivity contribution is 6.71. The van der Waals surface area contributed by atoms with E-state index in [1.807, 2.05) is 0 Å². The summed E-state index contributed by atoms with van der Waals surface area (Å²) < 4.78 is 27.7. The molecule has 2 bridgehead atoms. The van der Waals surface area contributed by atoms with Crippen LogP contribution in [0, 0.1) is 0 Å². The van der Waals surface area contributed by atoms with Crippen molar-refractivity contribution in [2.75, 3.05) is 7.05 Å². The number of nitrogens with zero attached hydrogens (tertiary/aromatic N) is 1. The largest absolute Gasteiger partial charge is 0.410 e. The summed E-state index contributed by atoms with van der Waals surface area (Å²) in [5.74, 6) is 0. The molecular formula is C20H47NO4Si4. The zero-order valence-corrected chi connectivity index (χ0v) is 25.3. The highest BCUT2D eigenvalue weighted by Crippen LogP contribution is 2.50. The summed E-state index contributed by atoms with van der Waals surface area (Å²) >= 11 is 0. The summed E-state index contributed by atoms with van der Waals surface area (Å²) in [4.78, 5) is 2.46. The van der Waals surface area contributed by atoms with Gasteiger partial charge in [-0.3, -0.25) is 4.90 Å². The highest BCUT2D eigenvalue weighted by atomic mass is 28.4. The molecule has 29 heavy (non-hydrogen) atoms. The van der Waals surface area contributed by atoms with Crippen LogP contribution in [0.15, 0.2) is 0 Å². The van der Waals surface area contributed by atoms with E-state index in [1.165, 1.54) is 0 Å². The van der Waals surface area contributed by atoms with Crippen LogP contribution in [-0.2, 0) is 17.7 Å². The Bertz CT molecular complexity index is 579. The fourth-order valence-corrected chi connectivity index (χ4v) is 9.41. The Morgan fingerprint density at radius 3 is 1.52 bits per heavy atom. The molecule has 2 aliphatic rings. The van der Waals surface area contributed by atoms with Crippen molar-refractivity contribution >= 4 is 33.3 Å². The van der Waals surface area contributed by atoms with E-state index >= 15 is 0 Å². The summed E-state index contributed by atoms with van der Waals surface area (Å²) in [5.41, 5.74) is -0.404. The fraction of sp³-hybridized carbons (Fsp3) is 1.00. The molecule has 0 aromatic heterocycles. The second-order valence-corrected chi connectivity index (χ2v) is 30.6. The third-order valence-corrected chi connectivity index (χ3v) is 9.17. The molecule has 2 heterocycles. The average molecular weight is 478 g/mol. The van der Waals surface area contributed by atoms with Crippen LogP contribution in [0.3, 0.4) is 0 Å². The molecule has 0 aromatic carbocycles. The van der Waals surface area contributed by atoms with Gasteiger partial charge >= 0.3 is 0 Å². The Balaban J connectivity index is 2.59. The van der Waals surface area contributed by atoms with Crippen molar-refractivity contribution in [1.82, 2.24) is 4.90 Å². The highest BCUT2D eigenvalue weighted by Gasteiger charge is 2.65. The van der Waals surface area contributed by atoms with Gasteiger partial charge in [0.15, 0.2) is 33.3 Å². The molecule has 0 amide bonds. The Labute approximate surface area is 184 Å². The molecule has 0 saturated carbocycles. The van der Waals surface area contributed by atoms with E-state index in [-0.39, 0.29) is 18.3 Å². The summed E-state index contributed by atoms with van der Waals surface area (Å²) in [7, 11) is -5.00. The Hall–Kier alpha value is 0.668. The number of likely N-dealkylation sites (N-methyl/N-ethyl adjacent to an activating group) is 1. The number of hydrogen-bond acceptors (Lipinski definition) is 5. The number of piperidine rings is 1. The normalized spacial score (nSPS) is 34.7. The van der Waals surface area contributed by atoms with Crippen molar-refractivity contribution in [3.63, 3.8) is 0 Å². The monoisotopic (exact) mass is 477 g/mol. The fourth-order valence-electron chi connectivity index (χ4n) is 4.72. The predicted molar refractivity (Wildman–Crippen MR) is 133 cm³/mol.